The molecule has 0 unspecified atom stereocenters. The van der Waals surface area contributed by atoms with Crippen LogP contribution in [0.2, 0.25) is 0 Å². The standard InChI is InChI=1S/C19H28N4O4S/c1-14(13-17-7-6-12-27-17)20-18(24)8-11-23-16(3)19(15(2)21-23)28(25,26)22-9-4-5-10-22/h6-7,12,14H,4-5,8-11,13H2,1-3H3,(H,20,24)/t14-/m0/s1. The number of carbonyl (C=O) groups excluding carboxylic acids is 1. The van der Waals surface area contributed by atoms with Crippen molar-refractivity contribution in [1.29, 1.82) is 0 Å². The fraction of sp³-hybridized carbons (Fsp3) is 0.579. The van der Waals surface area contributed by atoms with Crippen LogP contribution in [0.5, 0.6) is 0 Å². The summed E-state index contributed by atoms with van der Waals surface area (Å²) in [5.74, 6) is 0.721. The first-order valence-electron chi connectivity index (χ1n) is 9.65. The van der Waals surface area contributed by atoms with Gasteiger partial charge in [0, 0.05) is 32.0 Å². The Kier molecular flexibility index (Phi) is 6.24. The van der Waals surface area contributed by atoms with Crippen LogP contribution >= 0.6 is 0 Å². The molecule has 1 fully saturated rings. The molecule has 0 saturated carbocycles. The molecule has 0 aromatic carbocycles. The molecular formula is C19H28N4O4S. The van der Waals surface area contributed by atoms with E-state index >= 15 is 0 Å². The molecule has 0 aliphatic carbocycles. The highest BCUT2D eigenvalue weighted by molar-refractivity contribution is 7.89. The summed E-state index contributed by atoms with van der Waals surface area (Å²) in [5.41, 5.74) is 1.07. The molecule has 3 rings (SSSR count). The van der Waals surface area contributed by atoms with Crippen molar-refractivity contribution in [2.45, 2.75) is 63.9 Å². The molecule has 1 amide bonds. The number of aryl methyl sites for hydroxylation is 2. The molecule has 0 radical (unpaired) electrons. The second-order valence-electron chi connectivity index (χ2n) is 7.34. The molecule has 8 nitrogen and oxygen atoms in total. The topological polar surface area (TPSA) is 97.4 Å². The maximum atomic E-state index is 12.9. The molecule has 1 atom stereocenters. The number of furan rings is 1. The third-order valence-corrected chi connectivity index (χ3v) is 7.18. The van der Waals surface area contributed by atoms with Crippen LogP contribution in [0, 0.1) is 13.8 Å². The summed E-state index contributed by atoms with van der Waals surface area (Å²) in [6, 6.07) is 3.65. The average molecular weight is 409 g/mol. The minimum absolute atomic E-state index is 0.0507. The van der Waals surface area contributed by atoms with Crippen molar-refractivity contribution in [2.75, 3.05) is 13.1 Å². The quantitative estimate of drug-likeness (QED) is 0.721. The molecule has 9 heteroatoms. The Morgan fingerprint density at radius 3 is 2.68 bits per heavy atom. The first-order chi connectivity index (χ1) is 13.3. The van der Waals surface area contributed by atoms with Crippen molar-refractivity contribution in [3.05, 3.63) is 35.5 Å². The smallest absolute Gasteiger partial charge is 0.246 e. The first-order valence-corrected chi connectivity index (χ1v) is 11.1. The Morgan fingerprint density at radius 1 is 1.32 bits per heavy atom. The van der Waals surface area contributed by atoms with Crippen molar-refractivity contribution in [3.63, 3.8) is 0 Å². The molecule has 3 heterocycles. The monoisotopic (exact) mass is 408 g/mol. The zero-order chi connectivity index (χ0) is 20.3. The predicted octanol–water partition coefficient (Wildman–Crippen LogP) is 2.01. The molecular weight excluding hydrogens is 380 g/mol. The van der Waals surface area contributed by atoms with E-state index in [9.17, 15) is 13.2 Å². The molecule has 0 bridgehead atoms. The minimum atomic E-state index is -3.53. The van der Waals surface area contributed by atoms with E-state index in [1.807, 2.05) is 19.1 Å². The summed E-state index contributed by atoms with van der Waals surface area (Å²) in [6.45, 7) is 6.83. The molecule has 1 aliphatic heterocycles. The molecule has 28 heavy (non-hydrogen) atoms. The van der Waals surface area contributed by atoms with Gasteiger partial charge < -0.3 is 9.73 Å². The number of nitrogens with one attached hydrogen (secondary N) is 1. The van der Waals surface area contributed by atoms with Gasteiger partial charge in [-0.1, -0.05) is 0 Å². The number of hydrogen-bond acceptors (Lipinski definition) is 5. The fourth-order valence-electron chi connectivity index (χ4n) is 3.67. The van der Waals surface area contributed by atoms with Gasteiger partial charge in [0.2, 0.25) is 15.9 Å². The van der Waals surface area contributed by atoms with Crippen LogP contribution in [0.15, 0.2) is 27.7 Å². The van der Waals surface area contributed by atoms with E-state index in [2.05, 4.69) is 10.4 Å². The Morgan fingerprint density at radius 2 is 2.04 bits per heavy atom. The lowest BCUT2D eigenvalue weighted by Gasteiger charge is -2.16. The molecule has 2 aromatic heterocycles. The maximum Gasteiger partial charge on any atom is 0.246 e. The number of carbonyl (C=O) groups is 1. The van der Waals surface area contributed by atoms with Crippen LogP contribution in [0.3, 0.4) is 0 Å². The lowest BCUT2D eigenvalue weighted by Crippen LogP contribution is -2.34. The summed E-state index contributed by atoms with van der Waals surface area (Å²) in [6.07, 6.45) is 4.24. The number of amides is 1. The molecule has 154 valence electrons. The molecule has 2 aromatic rings. The highest BCUT2D eigenvalue weighted by Crippen LogP contribution is 2.26. The van der Waals surface area contributed by atoms with Crippen molar-refractivity contribution in [2.24, 2.45) is 0 Å². The molecule has 1 N–H and O–H groups in total. The number of hydrogen-bond donors (Lipinski definition) is 1. The number of nitrogens with zero attached hydrogens (tertiary/aromatic N) is 3. The Balaban J connectivity index is 1.61. The van der Waals surface area contributed by atoms with Gasteiger partial charge in [-0.25, -0.2) is 8.42 Å². The van der Waals surface area contributed by atoms with Crippen molar-refractivity contribution in [1.82, 2.24) is 19.4 Å². The van der Waals surface area contributed by atoms with Crippen LogP contribution in [-0.2, 0) is 27.8 Å². The maximum absolute atomic E-state index is 12.9. The summed E-state index contributed by atoms with van der Waals surface area (Å²) in [4.78, 5) is 12.5. The van der Waals surface area contributed by atoms with E-state index in [-0.39, 0.29) is 23.3 Å². The van der Waals surface area contributed by atoms with E-state index in [1.54, 1.807) is 24.8 Å². The van der Waals surface area contributed by atoms with Gasteiger partial charge in [-0.3, -0.25) is 9.48 Å². The Bertz CT molecular complexity index is 912. The van der Waals surface area contributed by atoms with Gasteiger partial charge in [0.15, 0.2) is 0 Å². The SMILES string of the molecule is Cc1nn(CCC(=O)N[C@@H](C)Cc2ccco2)c(C)c1S(=O)(=O)N1CCCC1. The Hall–Kier alpha value is -2.13. The lowest BCUT2D eigenvalue weighted by molar-refractivity contribution is -0.121. The summed E-state index contributed by atoms with van der Waals surface area (Å²) < 4.78 is 34.3. The Labute approximate surface area is 165 Å². The first kappa shape index (κ1) is 20.6. The van der Waals surface area contributed by atoms with Gasteiger partial charge >= 0.3 is 0 Å². The lowest BCUT2D eigenvalue weighted by atomic mass is 10.2. The summed E-state index contributed by atoms with van der Waals surface area (Å²) in [5, 5.41) is 7.31. The fourth-order valence-corrected chi connectivity index (χ4v) is 5.56. The van der Waals surface area contributed by atoms with Crippen molar-refractivity contribution < 1.29 is 17.6 Å². The van der Waals surface area contributed by atoms with Gasteiger partial charge in [0.05, 0.1) is 24.2 Å². The van der Waals surface area contributed by atoms with E-state index in [1.165, 1.54) is 4.31 Å². The van der Waals surface area contributed by atoms with E-state index in [4.69, 9.17) is 4.42 Å². The molecule has 0 spiro atoms. The predicted molar refractivity (Wildman–Crippen MR) is 104 cm³/mol. The van der Waals surface area contributed by atoms with Crippen LogP contribution in [-0.4, -0.2) is 47.5 Å². The van der Waals surface area contributed by atoms with Crippen LogP contribution in [0.25, 0.3) is 0 Å². The number of rotatable bonds is 8. The van der Waals surface area contributed by atoms with Gasteiger partial charge in [-0.15, -0.1) is 0 Å². The highest BCUT2D eigenvalue weighted by Gasteiger charge is 2.32. The van der Waals surface area contributed by atoms with Gasteiger partial charge in [-0.2, -0.15) is 9.40 Å². The second-order valence-corrected chi connectivity index (χ2v) is 9.21. The van der Waals surface area contributed by atoms with Gasteiger partial charge in [-0.05, 0) is 45.7 Å². The van der Waals surface area contributed by atoms with Crippen LogP contribution in [0.4, 0.5) is 0 Å². The largest absolute Gasteiger partial charge is 0.469 e. The van der Waals surface area contributed by atoms with Gasteiger partial charge in [0.25, 0.3) is 0 Å². The summed E-state index contributed by atoms with van der Waals surface area (Å²) >= 11 is 0. The van der Waals surface area contributed by atoms with Crippen LogP contribution < -0.4 is 5.32 Å². The zero-order valence-corrected chi connectivity index (χ0v) is 17.5. The van der Waals surface area contributed by atoms with Gasteiger partial charge in [0.1, 0.15) is 10.7 Å². The molecule has 1 saturated heterocycles. The third-order valence-electron chi connectivity index (χ3n) is 5.02. The molecule has 1 aliphatic rings. The highest BCUT2D eigenvalue weighted by atomic mass is 32.2. The second kappa shape index (κ2) is 8.48. The normalized spacial score (nSPS) is 16.4. The minimum Gasteiger partial charge on any atom is -0.469 e. The van der Waals surface area contributed by atoms with E-state index in [0.29, 0.717) is 37.4 Å². The summed E-state index contributed by atoms with van der Waals surface area (Å²) in [7, 11) is -3.53. The van der Waals surface area contributed by atoms with E-state index in [0.717, 1.165) is 18.6 Å². The zero-order valence-electron chi connectivity index (χ0n) is 16.6. The average Bonchev–Trinajstić information content (AvgIpc) is 3.35. The number of sulfonamides is 1. The van der Waals surface area contributed by atoms with Crippen molar-refractivity contribution in [3.8, 4) is 0 Å². The van der Waals surface area contributed by atoms with Crippen LogP contribution in [0.1, 0.15) is 43.3 Å². The number of aromatic nitrogens is 2. The third kappa shape index (κ3) is 4.47. The van der Waals surface area contributed by atoms with E-state index < -0.39 is 10.0 Å². The van der Waals surface area contributed by atoms with Crippen molar-refractivity contribution >= 4 is 15.9 Å².